The fourth-order valence-corrected chi connectivity index (χ4v) is 1.63. The summed E-state index contributed by atoms with van der Waals surface area (Å²) in [6.07, 6.45) is 6.42. The first-order valence-electron chi connectivity index (χ1n) is 4.64. The minimum absolute atomic E-state index is 0.195. The Morgan fingerprint density at radius 3 is 2.69 bits per heavy atom. The topological polar surface area (TPSA) is 25.8 Å². The number of aromatic nitrogens is 2. The molecule has 0 aliphatic rings. The number of alkyl halides is 1. The first-order chi connectivity index (χ1) is 6.24. The highest BCUT2D eigenvalue weighted by molar-refractivity contribution is 6.20. The summed E-state index contributed by atoms with van der Waals surface area (Å²) in [5, 5.41) is 0.195. The van der Waals surface area contributed by atoms with E-state index >= 15 is 0 Å². The molecule has 1 aromatic heterocycles. The molecule has 1 aromatic rings. The second-order valence-electron chi connectivity index (χ2n) is 3.18. The van der Waals surface area contributed by atoms with E-state index in [2.05, 4.69) is 16.9 Å². The highest BCUT2D eigenvalue weighted by Gasteiger charge is 2.07. The maximum Gasteiger partial charge on any atom is 0.0630 e. The fraction of sp³-hybridized carbons (Fsp3) is 0.600. The first kappa shape index (κ1) is 10.5. The van der Waals surface area contributed by atoms with Crippen LogP contribution in [0.4, 0.5) is 0 Å². The minimum Gasteiger partial charge on any atom is -0.258 e. The lowest BCUT2D eigenvalue weighted by Crippen LogP contribution is -2.06. The highest BCUT2D eigenvalue weighted by atomic mass is 35.5. The average Bonchev–Trinajstić information content (AvgIpc) is 2.09. The maximum absolute atomic E-state index is 6.12. The smallest absolute Gasteiger partial charge is 0.0630 e. The van der Waals surface area contributed by atoms with Gasteiger partial charge in [0.25, 0.3) is 0 Å². The Kier molecular flexibility index (Phi) is 4.16. The van der Waals surface area contributed by atoms with Gasteiger partial charge in [-0.1, -0.05) is 13.3 Å². The van der Waals surface area contributed by atoms with Crippen molar-refractivity contribution in [1.29, 1.82) is 0 Å². The first-order valence-corrected chi connectivity index (χ1v) is 5.08. The van der Waals surface area contributed by atoms with E-state index in [9.17, 15) is 0 Å². The third kappa shape index (κ3) is 3.31. The van der Waals surface area contributed by atoms with Gasteiger partial charge in [0.15, 0.2) is 0 Å². The second kappa shape index (κ2) is 5.18. The van der Waals surface area contributed by atoms with Crippen molar-refractivity contribution in [3.8, 4) is 0 Å². The molecule has 0 radical (unpaired) electrons. The van der Waals surface area contributed by atoms with Crippen LogP contribution in [0.2, 0.25) is 0 Å². The van der Waals surface area contributed by atoms with Crippen molar-refractivity contribution in [2.24, 2.45) is 0 Å². The molecule has 0 saturated heterocycles. The molecule has 0 spiro atoms. The summed E-state index contributed by atoms with van der Waals surface area (Å²) in [4.78, 5) is 8.42. The van der Waals surface area contributed by atoms with Crippen LogP contribution in [0.1, 0.15) is 31.2 Å². The molecule has 2 nitrogen and oxygen atoms in total. The van der Waals surface area contributed by atoms with Gasteiger partial charge in [0.05, 0.1) is 11.4 Å². The van der Waals surface area contributed by atoms with Gasteiger partial charge < -0.3 is 0 Å². The van der Waals surface area contributed by atoms with Gasteiger partial charge in [-0.05, 0) is 13.3 Å². The average molecular weight is 199 g/mol. The summed E-state index contributed by atoms with van der Waals surface area (Å²) in [6.45, 7) is 4.11. The molecule has 0 aromatic carbocycles. The van der Waals surface area contributed by atoms with E-state index < -0.39 is 0 Å². The summed E-state index contributed by atoms with van der Waals surface area (Å²) in [6, 6.07) is 0. The molecule has 0 aliphatic heterocycles. The fourth-order valence-electron chi connectivity index (χ4n) is 1.26. The summed E-state index contributed by atoms with van der Waals surface area (Å²) in [5.41, 5.74) is 2.01. The van der Waals surface area contributed by atoms with Crippen molar-refractivity contribution in [1.82, 2.24) is 9.97 Å². The van der Waals surface area contributed by atoms with Gasteiger partial charge >= 0.3 is 0 Å². The summed E-state index contributed by atoms with van der Waals surface area (Å²) in [5.74, 6) is 0. The van der Waals surface area contributed by atoms with Gasteiger partial charge in [0.1, 0.15) is 0 Å². The quantitative estimate of drug-likeness (QED) is 0.696. The van der Waals surface area contributed by atoms with Crippen molar-refractivity contribution in [3.63, 3.8) is 0 Å². The van der Waals surface area contributed by atoms with Gasteiger partial charge in [0.2, 0.25) is 0 Å². The van der Waals surface area contributed by atoms with Gasteiger partial charge in [0, 0.05) is 24.2 Å². The number of hydrogen-bond donors (Lipinski definition) is 0. The minimum atomic E-state index is 0.195. The SMILES string of the molecule is CCCC(Cl)Cc1nccnc1C. The third-order valence-corrected chi connectivity index (χ3v) is 2.37. The molecule has 1 heterocycles. The summed E-state index contributed by atoms with van der Waals surface area (Å²) >= 11 is 6.12. The van der Waals surface area contributed by atoms with E-state index in [0.717, 1.165) is 30.7 Å². The van der Waals surface area contributed by atoms with E-state index in [1.54, 1.807) is 12.4 Å². The second-order valence-corrected chi connectivity index (χ2v) is 3.80. The van der Waals surface area contributed by atoms with Crippen molar-refractivity contribution >= 4 is 11.6 Å². The predicted molar refractivity (Wildman–Crippen MR) is 55.0 cm³/mol. The molecule has 0 saturated carbocycles. The zero-order chi connectivity index (χ0) is 9.68. The molecule has 0 aliphatic carbocycles. The van der Waals surface area contributed by atoms with Crippen LogP contribution in [-0.2, 0) is 6.42 Å². The molecule has 13 heavy (non-hydrogen) atoms. The molecular formula is C10H15ClN2. The molecule has 1 unspecified atom stereocenters. The van der Waals surface area contributed by atoms with E-state index in [4.69, 9.17) is 11.6 Å². The van der Waals surface area contributed by atoms with Crippen molar-refractivity contribution in [2.75, 3.05) is 0 Å². The molecule has 72 valence electrons. The normalized spacial score (nSPS) is 12.8. The number of halogens is 1. The Morgan fingerprint density at radius 2 is 2.08 bits per heavy atom. The number of hydrogen-bond acceptors (Lipinski definition) is 2. The zero-order valence-electron chi connectivity index (χ0n) is 8.13. The van der Waals surface area contributed by atoms with Crippen LogP contribution in [0.25, 0.3) is 0 Å². The maximum atomic E-state index is 6.12. The Hall–Kier alpha value is -0.630. The van der Waals surface area contributed by atoms with Crippen LogP contribution >= 0.6 is 11.6 Å². The number of nitrogens with zero attached hydrogens (tertiary/aromatic N) is 2. The number of rotatable bonds is 4. The van der Waals surface area contributed by atoms with E-state index in [-0.39, 0.29) is 5.38 Å². The molecule has 0 N–H and O–H groups in total. The molecular weight excluding hydrogens is 184 g/mol. The zero-order valence-corrected chi connectivity index (χ0v) is 8.88. The van der Waals surface area contributed by atoms with Crippen molar-refractivity contribution < 1.29 is 0 Å². The van der Waals surface area contributed by atoms with Crippen LogP contribution < -0.4 is 0 Å². The van der Waals surface area contributed by atoms with Crippen molar-refractivity contribution in [3.05, 3.63) is 23.8 Å². The van der Waals surface area contributed by atoms with Crippen LogP contribution in [0.15, 0.2) is 12.4 Å². The summed E-state index contributed by atoms with van der Waals surface area (Å²) < 4.78 is 0. The lowest BCUT2D eigenvalue weighted by Gasteiger charge is -2.08. The molecule has 1 atom stereocenters. The van der Waals surface area contributed by atoms with Crippen LogP contribution in [-0.4, -0.2) is 15.3 Å². The Labute approximate surface area is 84.4 Å². The van der Waals surface area contributed by atoms with Gasteiger partial charge in [-0.3, -0.25) is 9.97 Å². The predicted octanol–water partition coefficient (Wildman–Crippen LogP) is 2.74. The van der Waals surface area contributed by atoms with Gasteiger partial charge in [-0.25, -0.2) is 0 Å². The summed E-state index contributed by atoms with van der Waals surface area (Å²) in [7, 11) is 0. The van der Waals surface area contributed by atoms with Crippen LogP contribution in [0, 0.1) is 6.92 Å². The Bertz CT molecular complexity index is 263. The van der Waals surface area contributed by atoms with Gasteiger partial charge in [-0.2, -0.15) is 0 Å². The van der Waals surface area contributed by atoms with Crippen LogP contribution in [0.5, 0.6) is 0 Å². The Morgan fingerprint density at radius 1 is 1.38 bits per heavy atom. The highest BCUT2D eigenvalue weighted by Crippen LogP contribution is 2.12. The molecule has 1 rings (SSSR count). The standard InChI is InChI=1S/C10H15ClN2/c1-3-4-9(11)7-10-8(2)12-5-6-13-10/h5-6,9H,3-4,7H2,1-2H3. The molecule has 3 heteroatoms. The van der Waals surface area contributed by atoms with E-state index in [1.807, 2.05) is 6.92 Å². The molecule has 0 amide bonds. The number of aryl methyl sites for hydroxylation is 1. The Balaban J connectivity index is 2.58. The van der Waals surface area contributed by atoms with Gasteiger partial charge in [-0.15, -0.1) is 11.6 Å². The van der Waals surface area contributed by atoms with E-state index in [0.29, 0.717) is 0 Å². The third-order valence-electron chi connectivity index (χ3n) is 2.00. The lowest BCUT2D eigenvalue weighted by molar-refractivity contribution is 0.709. The van der Waals surface area contributed by atoms with Crippen molar-refractivity contribution in [2.45, 2.75) is 38.5 Å². The molecule has 0 fully saturated rings. The monoisotopic (exact) mass is 198 g/mol. The molecule has 0 bridgehead atoms. The van der Waals surface area contributed by atoms with E-state index in [1.165, 1.54) is 0 Å². The van der Waals surface area contributed by atoms with Crippen LogP contribution in [0.3, 0.4) is 0 Å². The largest absolute Gasteiger partial charge is 0.258 e. The lowest BCUT2D eigenvalue weighted by atomic mass is 10.1.